The number of nitrogens with one attached hydrogen (secondary N) is 1. The Kier molecular flexibility index (Phi) is 7.73. The van der Waals surface area contributed by atoms with E-state index in [1.54, 1.807) is 30.3 Å². The van der Waals surface area contributed by atoms with Gasteiger partial charge in [0.25, 0.3) is 15.9 Å². The molecule has 10 heteroatoms. The second-order valence-electron chi connectivity index (χ2n) is 8.27. The van der Waals surface area contributed by atoms with E-state index in [0.29, 0.717) is 22.9 Å². The minimum absolute atomic E-state index is 0.0873. The van der Waals surface area contributed by atoms with Crippen molar-refractivity contribution >= 4 is 61.6 Å². The first-order chi connectivity index (χ1) is 17.6. The average Bonchev–Trinajstić information content (AvgIpc) is 2.87. The second-order valence-corrected chi connectivity index (χ2v) is 11.0. The van der Waals surface area contributed by atoms with E-state index in [0.717, 1.165) is 9.87 Å². The van der Waals surface area contributed by atoms with Crippen LogP contribution in [0.1, 0.15) is 22.8 Å². The fourth-order valence-electron chi connectivity index (χ4n) is 3.99. The van der Waals surface area contributed by atoms with Crippen LogP contribution in [0.2, 0.25) is 10.0 Å². The molecule has 0 radical (unpaired) electrons. The average molecular weight is 557 g/mol. The number of nitrogens with zero attached hydrogens (tertiary/aromatic N) is 1. The Morgan fingerprint density at radius 3 is 2.16 bits per heavy atom. The van der Waals surface area contributed by atoms with Gasteiger partial charge in [-0.1, -0.05) is 77.8 Å². The summed E-state index contributed by atoms with van der Waals surface area (Å²) in [7, 11) is -4.43. The van der Waals surface area contributed by atoms with Gasteiger partial charge in [0.15, 0.2) is 0 Å². The van der Waals surface area contributed by atoms with Crippen LogP contribution in [-0.4, -0.2) is 31.4 Å². The number of carbonyl (C=O) groups is 2. The fourth-order valence-corrected chi connectivity index (χ4v) is 6.35. The summed E-state index contributed by atoms with van der Waals surface area (Å²) in [5, 5.41) is 13.7. The van der Waals surface area contributed by atoms with Crippen LogP contribution in [0.5, 0.6) is 0 Å². The Balaban J connectivity index is 1.83. The van der Waals surface area contributed by atoms with Crippen molar-refractivity contribution in [3.05, 3.63) is 106 Å². The molecular formula is C27H22Cl2N2O5S. The lowest BCUT2D eigenvalue weighted by Gasteiger charge is -2.29. The first-order valence-corrected chi connectivity index (χ1v) is 13.4. The van der Waals surface area contributed by atoms with Gasteiger partial charge in [-0.25, -0.2) is 13.2 Å². The van der Waals surface area contributed by atoms with Crippen molar-refractivity contribution in [1.29, 1.82) is 0 Å². The molecule has 0 aliphatic rings. The molecule has 4 aromatic rings. The summed E-state index contributed by atoms with van der Waals surface area (Å²) >= 11 is 12.1. The third-order valence-corrected chi connectivity index (χ3v) is 8.08. The molecule has 1 atom stereocenters. The van der Waals surface area contributed by atoms with E-state index >= 15 is 0 Å². The van der Waals surface area contributed by atoms with Crippen LogP contribution in [0.15, 0.2) is 89.8 Å². The highest BCUT2D eigenvalue weighted by Gasteiger charge is 2.35. The van der Waals surface area contributed by atoms with Crippen LogP contribution >= 0.6 is 23.2 Å². The van der Waals surface area contributed by atoms with E-state index < -0.39 is 22.0 Å². The molecular weight excluding hydrogens is 535 g/mol. The van der Waals surface area contributed by atoms with Gasteiger partial charge in [-0.05, 0) is 48.2 Å². The molecule has 1 unspecified atom stereocenters. The largest absolute Gasteiger partial charge is 0.480 e. The number of halogens is 2. The number of sulfonamides is 1. The standard InChI is InChI=1S/C27H22Cl2N2O5S/c1-17(27(33)34)31(37(35,36)21-14-19(28)13-20(29)15-21)25-12-6-9-22-23(25)10-5-11-24(22)26(32)30-16-18-7-3-2-4-8-18/h2-15,17H,16H2,1H3,(H,30,32)(H,33,34). The summed E-state index contributed by atoms with van der Waals surface area (Å²) in [5.74, 6) is -1.71. The maximum atomic E-state index is 13.8. The first-order valence-electron chi connectivity index (χ1n) is 11.2. The van der Waals surface area contributed by atoms with Gasteiger partial charge in [0, 0.05) is 27.5 Å². The third-order valence-electron chi connectivity index (χ3n) is 5.78. The SMILES string of the molecule is CC(C(=O)O)N(c1cccc2c(C(=O)NCc3ccccc3)cccc12)S(=O)(=O)c1cc(Cl)cc(Cl)c1. The zero-order valence-corrected chi connectivity index (χ0v) is 21.9. The Bertz CT molecular complexity index is 1570. The summed E-state index contributed by atoms with van der Waals surface area (Å²) in [6.45, 7) is 1.57. The predicted octanol–water partition coefficient (Wildman–Crippen LogP) is 5.75. The van der Waals surface area contributed by atoms with Crippen molar-refractivity contribution in [2.24, 2.45) is 0 Å². The Labute approximate surface area is 224 Å². The fraction of sp³-hybridized carbons (Fsp3) is 0.111. The van der Waals surface area contributed by atoms with Crippen LogP contribution in [0, 0.1) is 0 Å². The lowest BCUT2D eigenvalue weighted by molar-refractivity contribution is -0.137. The van der Waals surface area contributed by atoms with Gasteiger partial charge in [-0.2, -0.15) is 0 Å². The lowest BCUT2D eigenvalue weighted by Crippen LogP contribution is -2.43. The molecule has 0 aromatic heterocycles. The minimum Gasteiger partial charge on any atom is -0.480 e. The number of amides is 1. The Morgan fingerprint density at radius 1 is 0.892 bits per heavy atom. The van der Waals surface area contributed by atoms with Crippen molar-refractivity contribution < 1.29 is 23.1 Å². The third kappa shape index (κ3) is 5.56. The second kappa shape index (κ2) is 10.8. The molecule has 0 saturated carbocycles. The summed E-state index contributed by atoms with van der Waals surface area (Å²) in [6, 6.07) is 21.4. The number of carboxylic acid groups (broad SMARTS) is 1. The Hall–Kier alpha value is -3.59. The summed E-state index contributed by atoms with van der Waals surface area (Å²) in [6.07, 6.45) is 0. The van der Waals surface area contributed by atoms with E-state index in [1.165, 1.54) is 31.2 Å². The molecule has 0 fully saturated rings. The number of fused-ring (bicyclic) bond motifs is 1. The topological polar surface area (TPSA) is 104 Å². The highest BCUT2D eigenvalue weighted by Crippen LogP contribution is 2.35. The molecule has 0 aliphatic carbocycles. The van der Waals surface area contributed by atoms with Crippen molar-refractivity contribution in [1.82, 2.24) is 5.32 Å². The highest BCUT2D eigenvalue weighted by molar-refractivity contribution is 7.93. The molecule has 0 bridgehead atoms. The van der Waals surface area contributed by atoms with Gasteiger partial charge in [0.05, 0.1) is 10.6 Å². The number of carbonyl (C=O) groups excluding carboxylic acids is 1. The van der Waals surface area contributed by atoms with Crippen molar-refractivity contribution in [3.63, 3.8) is 0 Å². The van der Waals surface area contributed by atoms with Crippen molar-refractivity contribution in [2.75, 3.05) is 4.31 Å². The normalized spacial score (nSPS) is 12.2. The molecule has 1 amide bonds. The van der Waals surface area contributed by atoms with Gasteiger partial charge in [-0.15, -0.1) is 0 Å². The molecule has 4 rings (SSSR count). The first kappa shape index (κ1) is 26.5. The van der Waals surface area contributed by atoms with Crippen molar-refractivity contribution in [2.45, 2.75) is 24.4 Å². The number of rotatable bonds is 8. The molecule has 2 N–H and O–H groups in total. The van der Waals surface area contributed by atoms with Gasteiger partial charge >= 0.3 is 5.97 Å². The molecule has 37 heavy (non-hydrogen) atoms. The van der Waals surface area contributed by atoms with Gasteiger partial charge < -0.3 is 10.4 Å². The summed E-state index contributed by atoms with van der Waals surface area (Å²) in [4.78, 5) is 24.9. The maximum Gasteiger partial charge on any atom is 0.327 e. The number of hydrogen-bond donors (Lipinski definition) is 2. The van der Waals surface area contributed by atoms with Gasteiger partial charge in [-0.3, -0.25) is 9.10 Å². The molecule has 0 heterocycles. The van der Waals surface area contributed by atoms with Gasteiger partial charge in [0.1, 0.15) is 6.04 Å². The summed E-state index contributed by atoms with van der Waals surface area (Å²) < 4.78 is 28.4. The van der Waals surface area contributed by atoms with Crippen molar-refractivity contribution in [3.8, 4) is 0 Å². The van der Waals surface area contributed by atoms with E-state index in [1.807, 2.05) is 30.3 Å². The van der Waals surface area contributed by atoms with Crippen LogP contribution in [-0.2, 0) is 21.4 Å². The molecule has 0 spiro atoms. The molecule has 190 valence electrons. The van der Waals surface area contributed by atoms with E-state index in [-0.39, 0.29) is 26.5 Å². The van der Waals surface area contributed by atoms with E-state index in [9.17, 15) is 23.1 Å². The minimum atomic E-state index is -4.43. The molecule has 0 saturated heterocycles. The molecule has 0 aliphatic heterocycles. The number of benzene rings is 4. The number of hydrogen-bond acceptors (Lipinski definition) is 4. The zero-order valence-electron chi connectivity index (χ0n) is 19.6. The van der Waals surface area contributed by atoms with Crippen LogP contribution in [0.3, 0.4) is 0 Å². The number of carboxylic acids is 1. The molecule has 4 aromatic carbocycles. The van der Waals surface area contributed by atoms with E-state index in [4.69, 9.17) is 23.2 Å². The predicted molar refractivity (Wildman–Crippen MR) is 145 cm³/mol. The highest BCUT2D eigenvalue weighted by atomic mass is 35.5. The quantitative estimate of drug-likeness (QED) is 0.287. The van der Waals surface area contributed by atoms with Gasteiger partial charge in [0.2, 0.25) is 0 Å². The van der Waals surface area contributed by atoms with Crippen LogP contribution in [0.4, 0.5) is 5.69 Å². The van der Waals surface area contributed by atoms with Crippen LogP contribution < -0.4 is 9.62 Å². The molecule has 7 nitrogen and oxygen atoms in total. The summed E-state index contributed by atoms with van der Waals surface area (Å²) in [5.41, 5.74) is 1.34. The maximum absolute atomic E-state index is 13.8. The number of anilines is 1. The number of aliphatic carboxylic acids is 1. The smallest absolute Gasteiger partial charge is 0.327 e. The Morgan fingerprint density at radius 2 is 1.51 bits per heavy atom. The lowest BCUT2D eigenvalue weighted by atomic mass is 10.0. The van der Waals surface area contributed by atoms with E-state index in [2.05, 4.69) is 5.32 Å². The van der Waals surface area contributed by atoms with Crippen LogP contribution in [0.25, 0.3) is 10.8 Å². The zero-order chi connectivity index (χ0) is 26.7. The monoisotopic (exact) mass is 556 g/mol.